The molecule has 0 radical (unpaired) electrons. The highest BCUT2D eigenvalue weighted by atomic mass is 35.5. The molecule has 0 N–H and O–H groups in total. The van der Waals surface area contributed by atoms with Gasteiger partial charge in [-0.05, 0) is 49.1 Å². The molecule has 0 fully saturated rings. The van der Waals surface area contributed by atoms with Crippen LogP contribution in [-0.2, 0) is 6.42 Å². The summed E-state index contributed by atoms with van der Waals surface area (Å²) in [6.07, 6.45) is 4.49. The molecule has 0 unspecified atom stereocenters. The van der Waals surface area contributed by atoms with Crippen LogP contribution in [0.5, 0.6) is 0 Å². The monoisotopic (exact) mass is 303 g/mol. The first-order chi connectivity index (χ1) is 10.3. The first kappa shape index (κ1) is 14.2. The van der Waals surface area contributed by atoms with Crippen molar-refractivity contribution in [1.82, 2.24) is 4.90 Å². The molecule has 2 aromatic rings. The summed E-state index contributed by atoms with van der Waals surface area (Å²) in [6, 6.07) is 9.76. The molecular weight excluding hydrogens is 286 g/mol. The minimum Gasteiger partial charge on any atom is -0.464 e. The maximum atomic E-state index is 12.5. The minimum atomic E-state index is 0.136. The summed E-state index contributed by atoms with van der Waals surface area (Å²) in [5, 5.41) is 0. The zero-order valence-electron chi connectivity index (χ0n) is 11.8. The first-order valence-corrected chi connectivity index (χ1v) is 7.85. The van der Waals surface area contributed by atoms with Crippen LogP contribution in [0, 0.1) is 0 Å². The van der Waals surface area contributed by atoms with Crippen molar-refractivity contribution in [1.29, 1.82) is 0 Å². The van der Waals surface area contributed by atoms with Gasteiger partial charge in [-0.25, -0.2) is 0 Å². The number of halogens is 1. The summed E-state index contributed by atoms with van der Waals surface area (Å²) in [5.41, 5.74) is 2.96. The Morgan fingerprint density at radius 2 is 2.14 bits per heavy atom. The lowest BCUT2D eigenvalue weighted by atomic mass is 9.95. The Labute approximate surface area is 129 Å². The van der Waals surface area contributed by atoms with Crippen LogP contribution >= 0.6 is 11.6 Å². The Morgan fingerprint density at radius 3 is 2.90 bits per heavy atom. The van der Waals surface area contributed by atoms with E-state index in [0.29, 0.717) is 5.88 Å². The van der Waals surface area contributed by atoms with Gasteiger partial charge < -0.3 is 9.32 Å². The number of carbonyl (C=O) groups excluding carboxylic acids is 1. The number of fused-ring (bicyclic) bond motifs is 1. The van der Waals surface area contributed by atoms with Crippen molar-refractivity contribution in [3.05, 3.63) is 47.7 Å². The molecule has 110 valence electrons. The molecule has 1 aliphatic heterocycles. The smallest absolute Gasteiger partial charge is 0.254 e. The van der Waals surface area contributed by atoms with Crippen LogP contribution in [0.25, 0.3) is 11.3 Å². The standard InChI is InChI=1S/C17H18ClNO2/c18-8-1-2-9-19-10-7-13-12-14(16-4-3-11-21-16)5-6-15(13)17(19)20/h3-6,11-12H,1-2,7-10H2. The molecule has 1 aromatic heterocycles. The lowest BCUT2D eigenvalue weighted by Gasteiger charge is -2.28. The Kier molecular flexibility index (Phi) is 4.30. The van der Waals surface area contributed by atoms with E-state index in [0.717, 1.165) is 54.8 Å². The maximum Gasteiger partial charge on any atom is 0.254 e. The SMILES string of the molecule is O=C1c2ccc(-c3ccco3)cc2CCN1CCCCCl. The van der Waals surface area contributed by atoms with Crippen LogP contribution in [0.2, 0.25) is 0 Å². The van der Waals surface area contributed by atoms with Crippen molar-refractivity contribution >= 4 is 17.5 Å². The summed E-state index contributed by atoms with van der Waals surface area (Å²) in [4.78, 5) is 14.4. The van der Waals surface area contributed by atoms with Crippen LogP contribution in [0.15, 0.2) is 41.0 Å². The van der Waals surface area contributed by atoms with E-state index in [-0.39, 0.29) is 5.91 Å². The van der Waals surface area contributed by atoms with Crippen LogP contribution in [0.3, 0.4) is 0 Å². The van der Waals surface area contributed by atoms with Gasteiger partial charge in [-0.1, -0.05) is 6.07 Å². The average Bonchev–Trinajstić information content (AvgIpc) is 3.04. The predicted octanol–water partition coefficient (Wildman–Crippen LogP) is 3.96. The zero-order chi connectivity index (χ0) is 14.7. The van der Waals surface area contributed by atoms with Gasteiger partial charge in [-0.3, -0.25) is 4.79 Å². The van der Waals surface area contributed by atoms with E-state index >= 15 is 0 Å². The molecule has 0 saturated heterocycles. The lowest BCUT2D eigenvalue weighted by Crippen LogP contribution is -2.38. The van der Waals surface area contributed by atoms with Gasteiger partial charge in [0.05, 0.1) is 6.26 Å². The van der Waals surface area contributed by atoms with Gasteiger partial charge in [-0.15, -0.1) is 11.6 Å². The van der Waals surface area contributed by atoms with Crippen molar-refractivity contribution in [2.24, 2.45) is 0 Å². The van der Waals surface area contributed by atoms with Crippen molar-refractivity contribution in [3.8, 4) is 11.3 Å². The van der Waals surface area contributed by atoms with Crippen LogP contribution in [-0.4, -0.2) is 29.8 Å². The van der Waals surface area contributed by atoms with E-state index in [1.165, 1.54) is 0 Å². The molecule has 0 aliphatic carbocycles. The third kappa shape index (κ3) is 2.98. The molecular formula is C17H18ClNO2. The van der Waals surface area contributed by atoms with E-state index in [2.05, 4.69) is 6.07 Å². The number of rotatable bonds is 5. The van der Waals surface area contributed by atoms with Crippen molar-refractivity contribution in [2.45, 2.75) is 19.3 Å². The molecule has 4 heteroatoms. The number of hydrogen-bond donors (Lipinski definition) is 0. The number of nitrogens with zero attached hydrogens (tertiary/aromatic N) is 1. The summed E-state index contributed by atoms with van der Waals surface area (Å²) in [6.45, 7) is 1.58. The number of alkyl halides is 1. The van der Waals surface area contributed by atoms with Crippen molar-refractivity contribution in [3.63, 3.8) is 0 Å². The third-order valence-electron chi connectivity index (χ3n) is 3.89. The number of amides is 1. The van der Waals surface area contributed by atoms with Crippen LogP contribution in [0.4, 0.5) is 0 Å². The van der Waals surface area contributed by atoms with Crippen molar-refractivity contribution in [2.75, 3.05) is 19.0 Å². The van der Waals surface area contributed by atoms with E-state index in [9.17, 15) is 4.79 Å². The van der Waals surface area contributed by atoms with Gasteiger partial charge in [0.25, 0.3) is 5.91 Å². The third-order valence-corrected chi connectivity index (χ3v) is 4.16. The van der Waals surface area contributed by atoms with Gasteiger partial charge in [0.1, 0.15) is 5.76 Å². The fourth-order valence-electron chi connectivity index (χ4n) is 2.74. The van der Waals surface area contributed by atoms with Crippen LogP contribution in [0.1, 0.15) is 28.8 Å². The first-order valence-electron chi connectivity index (χ1n) is 7.31. The topological polar surface area (TPSA) is 33.5 Å². The molecule has 1 aliphatic rings. The zero-order valence-corrected chi connectivity index (χ0v) is 12.6. The molecule has 21 heavy (non-hydrogen) atoms. The Hall–Kier alpha value is -1.74. The van der Waals surface area contributed by atoms with Gasteiger partial charge in [0, 0.05) is 30.1 Å². The van der Waals surface area contributed by atoms with E-state index in [1.54, 1.807) is 6.26 Å². The van der Waals surface area contributed by atoms with E-state index < -0.39 is 0 Å². The maximum absolute atomic E-state index is 12.5. The lowest BCUT2D eigenvalue weighted by molar-refractivity contribution is 0.0737. The number of furan rings is 1. The fourth-order valence-corrected chi connectivity index (χ4v) is 2.93. The highest BCUT2D eigenvalue weighted by molar-refractivity contribution is 6.17. The van der Waals surface area contributed by atoms with Crippen LogP contribution < -0.4 is 0 Å². The average molecular weight is 304 g/mol. The number of carbonyl (C=O) groups is 1. The molecule has 0 saturated carbocycles. The molecule has 0 bridgehead atoms. The van der Waals surface area contributed by atoms with Gasteiger partial charge >= 0.3 is 0 Å². The van der Waals surface area contributed by atoms with E-state index in [1.807, 2.05) is 29.2 Å². The normalized spacial score (nSPS) is 14.3. The van der Waals surface area contributed by atoms with Gasteiger partial charge in [-0.2, -0.15) is 0 Å². The summed E-state index contributed by atoms with van der Waals surface area (Å²) >= 11 is 5.69. The Balaban J connectivity index is 1.78. The summed E-state index contributed by atoms with van der Waals surface area (Å²) in [5.74, 6) is 1.64. The summed E-state index contributed by atoms with van der Waals surface area (Å²) in [7, 11) is 0. The Bertz CT molecular complexity index is 622. The highest BCUT2D eigenvalue weighted by Gasteiger charge is 2.24. The number of hydrogen-bond acceptors (Lipinski definition) is 2. The molecule has 1 amide bonds. The molecule has 0 spiro atoms. The predicted molar refractivity (Wildman–Crippen MR) is 83.7 cm³/mol. The second-order valence-electron chi connectivity index (χ2n) is 5.29. The highest BCUT2D eigenvalue weighted by Crippen LogP contribution is 2.26. The Morgan fingerprint density at radius 1 is 1.24 bits per heavy atom. The molecule has 3 rings (SSSR count). The fraction of sp³-hybridized carbons (Fsp3) is 0.353. The minimum absolute atomic E-state index is 0.136. The molecule has 2 heterocycles. The molecule has 1 aromatic carbocycles. The largest absolute Gasteiger partial charge is 0.464 e. The number of benzene rings is 1. The van der Waals surface area contributed by atoms with Gasteiger partial charge in [0.15, 0.2) is 0 Å². The molecule has 0 atom stereocenters. The second-order valence-corrected chi connectivity index (χ2v) is 5.67. The quantitative estimate of drug-likeness (QED) is 0.619. The summed E-state index contributed by atoms with van der Waals surface area (Å²) < 4.78 is 5.42. The number of unbranched alkanes of at least 4 members (excludes halogenated alkanes) is 1. The second kappa shape index (κ2) is 6.35. The van der Waals surface area contributed by atoms with Gasteiger partial charge in [0.2, 0.25) is 0 Å². The van der Waals surface area contributed by atoms with E-state index in [4.69, 9.17) is 16.0 Å². The molecule has 3 nitrogen and oxygen atoms in total. The van der Waals surface area contributed by atoms with Crippen molar-refractivity contribution < 1.29 is 9.21 Å².